The Hall–Kier alpha value is -1.24. The highest BCUT2D eigenvalue weighted by Gasteiger charge is 2.30. The molecule has 2 aromatic heterocycles. The van der Waals surface area contributed by atoms with E-state index >= 15 is 0 Å². The van der Waals surface area contributed by atoms with Crippen molar-refractivity contribution in [1.29, 1.82) is 0 Å². The van der Waals surface area contributed by atoms with E-state index in [2.05, 4.69) is 45.9 Å². The van der Waals surface area contributed by atoms with E-state index in [4.69, 9.17) is 0 Å². The molecule has 1 N–H and O–H groups in total. The molecule has 0 aromatic carbocycles. The molecule has 0 saturated carbocycles. The molecule has 6 heteroatoms. The van der Waals surface area contributed by atoms with Gasteiger partial charge in [0.15, 0.2) is 0 Å². The van der Waals surface area contributed by atoms with Crippen LogP contribution in [0.4, 0.5) is 5.82 Å². The molecule has 1 aliphatic rings. The van der Waals surface area contributed by atoms with Crippen molar-refractivity contribution in [2.24, 2.45) is 0 Å². The molecular formula is C15H22N4OS. The molecule has 0 radical (unpaired) electrons. The predicted molar refractivity (Wildman–Crippen MR) is 87.1 cm³/mol. The number of rotatable bonds is 3. The molecule has 114 valence electrons. The molecule has 0 spiro atoms. The van der Waals surface area contributed by atoms with Gasteiger partial charge in [0, 0.05) is 31.7 Å². The molecule has 3 rings (SSSR count). The standard InChI is InChI=1S/C15H22N4OS/c1-10-8-21-15-13(10)14(16-9-17-15)18-6-11(2)19(4-5-20)12(3)7-18/h8-9,11-12,20H,4-7H2,1-3H3/t11-,12+. The lowest BCUT2D eigenvalue weighted by Crippen LogP contribution is -2.57. The fourth-order valence-corrected chi connectivity index (χ4v) is 4.21. The molecule has 2 aromatic rings. The number of fused-ring (bicyclic) bond motifs is 1. The van der Waals surface area contributed by atoms with Crippen LogP contribution in [0.1, 0.15) is 19.4 Å². The van der Waals surface area contributed by atoms with Gasteiger partial charge in [-0.25, -0.2) is 9.97 Å². The molecule has 0 amide bonds. The first-order chi connectivity index (χ1) is 10.1. The molecule has 2 atom stereocenters. The zero-order valence-corrected chi connectivity index (χ0v) is 13.6. The van der Waals surface area contributed by atoms with Crippen LogP contribution in [0, 0.1) is 6.92 Å². The first kappa shape index (κ1) is 14.7. The smallest absolute Gasteiger partial charge is 0.141 e. The summed E-state index contributed by atoms with van der Waals surface area (Å²) in [4.78, 5) is 14.7. The van der Waals surface area contributed by atoms with Crippen molar-refractivity contribution >= 4 is 27.4 Å². The van der Waals surface area contributed by atoms with Crippen molar-refractivity contribution in [3.63, 3.8) is 0 Å². The summed E-state index contributed by atoms with van der Waals surface area (Å²) in [7, 11) is 0. The number of hydrogen-bond donors (Lipinski definition) is 1. The summed E-state index contributed by atoms with van der Waals surface area (Å²) in [5.41, 5.74) is 1.25. The van der Waals surface area contributed by atoms with Crippen LogP contribution >= 0.6 is 11.3 Å². The van der Waals surface area contributed by atoms with Crippen LogP contribution in [0.5, 0.6) is 0 Å². The maximum absolute atomic E-state index is 9.21. The lowest BCUT2D eigenvalue weighted by Gasteiger charge is -2.44. The Morgan fingerprint density at radius 1 is 1.29 bits per heavy atom. The van der Waals surface area contributed by atoms with Crippen molar-refractivity contribution in [2.45, 2.75) is 32.9 Å². The molecular weight excluding hydrogens is 284 g/mol. The highest BCUT2D eigenvalue weighted by Crippen LogP contribution is 2.32. The van der Waals surface area contributed by atoms with Crippen LogP contribution < -0.4 is 4.90 Å². The Kier molecular flexibility index (Phi) is 4.10. The van der Waals surface area contributed by atoms with Crippen molar-refractivity contribution in [2.75, 3.05) is 31.1 Å². The molecule has 0 unspecified atom stereocenters. The lowest BCUT2D eigenvalue weighted by atomic mass is 10.1. The number of thiophene rings is 1. The number of piperazine rings is 1. The molecule has 21 heavy (non-hydrogen) atoms. The summed E-state index contributed by atoms with van der Waals surface area (Å²) < 4.78 is 0. The second kappa shape index (κ2) is 5.87. The van der Waals surface area contributed by atoms with Gasteiger partial charge >= 0.3 is 0 Å². The summed E-state index contributed by atoms with van der Waals surface area (Å²) in [6.07, 6.45) is 1.67. The van der Waals surface area contributed by atoms with Gasteiger partial charge in [-0.1, -0.05) is 0 Å². The van der Waals surface area contributed by atoms with E-state index in [9.17, 15) is 5.11 Å². The Balaban J connectivity index is 1.92. The Morgan fingerprint density at radius 2 is 2.00 bits per heavy atom. The maximum atomic E-state index is 9.21. The zero-order valence-electron chi connectivity index (χ0n) is 12.8. The monoisotopic (exact) mass is 306 g/mol. The molecule has 1 fully saturated rings. The van der Waals surface area contributed by atoms with Crippen molar-refractivity contribution in [1.82, 2.24) is 14.9 Å². The summed E-state index contributed by atoms with van der Waals surface area (Å²) in [5.74, 6) is 1.06. The first-order valence-corrected chi connectivity index (χ1v) is 8.30. The van der Waals surface area contributed by atoms with Gasteiger partial charge in [0.2, 0.25) is 0 Å². The third-order valence-corrected chi connectivity index (χ3v) is 5.30. The zero-order chi connectivity index (χ0) is 15.0. The van der Waals surface area contributed by atoms with E-state index in [-0.39, 0.29) is 6.61 Å². The Labute approximate surface area is 129 Å². The molecule has 0 aliphatic carbocycles. The number of aliphatic hydroxyl groups excluding tert-OH is 1. The summed E-state index contributed by atoms with van der Waals surface area (Å²) in [5, 5.41) is 12.6. The topological polar surface area (TPSA) is 52.5 Å². The molecule has 5 nitrogen and oxygen atoms in total. The van der Waals surface area contributed by atoms with Crippen molar-refractivity contribution < 1.29 is 5.11 Å². The number of aryl methyl sites for hydroxylation is 1. The van der Waals surface area contributed by atoms with Crippen LogP contribution in [0.25, 0.3) is 10.2 Å². The first-order valence-electron chi connectivity index (χ1n) is 7.42. The average molecular weight is 306 g/mol. The van der Waals surface area contributed by atoms with Gasteiger partial charge in [-0.2, -0.15) is 0 Å². The van der Waals surface area contributed by atoms with Crippen molar-refractivity contribution in [3.05, 3.63) is 17.3 Å². The summed E-state index contributed by atoms with van der Waals surface area (Å²) in [6, 6.07) is 0.815. The SMILES string of the molecule is Cc1csc2ncnc(N3C[C@@H](C)N(CCO)[C@@H](C)C3)c12. The van der Waals surface area contributed by atoms with E-state index in [0.29, 0.717) is 12.1 Å². The molecule has 1 saturated heterocycles. The maximum Gasteiger partial charge on any atom is 0.141 e. The number of hydrogen-bond acceptors (Lipinski definition) is 6. The molecule has 1 aliphatic heterocycles. The Bertz CT molecular complexity index is 617. The van der Waals surface area contributed by atoms with Gasteiger partial charge in [-0.05, 0) is 31.7 Å². The second-order valence-corrected chi connectivity index (χ2v) is 6.72. The van der Waals surface area contributed by atoms with Gasteiger partial charge in [-0.3, -0.25) is 4.90 Å². The van der Waals surface area contributed by atoms with Gasteiger partial charge < -0.3 is 10.0 Å². The fourth-order valence-electron chi connectivity index (χ4n) is 3.32. The molecule has 0 bridgehead atoms. The number of aliphatic hydroxyl groups is 1. The van der Waals surface area contributed by atoms with Crippen LogP contribution in [0.15, 0.2) is 11.7 Å². The van der Waals surface area contributed by atoms with Crippen LogP contribution in [0.3, 0.4) is 0 Å². The van der Waals surface area contributed by atoms with Gasteiger partial charge in [0.1, 0.15) is 17.0 Å². The number of aromatic nitrogens is 2. The minimum atomic E-state index is 0.218. The predicted octanol–water partition coefficient (Wildman–Crippen LogP) is 1.89. The van der Waals surface area contributed by atoms with E-state index in [0.717, 1.165) is 30.3 Å². The molecule has 3 heterocycles. The van der Waals surface area contributed by atoms with Gasteiger partial charge in [0.25, 0.3) is 0 Å². The summed E-state index contributed by atoms with van der Waals surface area (Å²) >= 11 is 1.68. The van der Waals surface area contributed by atoms with E-state index in [1.165, 1.54) is 10.9 Å². The van der Waals surface area contributed by atoms with E-state index < -0.39 is 0 Å². The van der Waals surface area contributed by atoms with Crippen LogP contribution in [0.2, 0.25) is 0 Å². The largest absolute Gasteiger partial charge is 0.395 e. The minimum absolute atomic E-state index is 0.218. The number of anilines is 1. The van der Waals surface area contributed by atoms with Gasteiger partial charge in [-0.15, -0.1) is 11.3 Å². The van der Waals surface area contributed by atoms with E-state index in [1.807, 2.05) is 0 Å². The average Bonchev–Trinajstić information content (AvgIpc) is 2.84. The third-order valence-electron chi connectivity index (χ3n) is 4.29. The van der Waals surface area contributed by atoms with Gasteiger partial charge in [0.05, 0.1) is 12.0 Å². The quantitative estimate of drug-likeness (QED) is 0.938. The van der Waals surface area contributed by atoms with Crippen LogP contribution in [-0.4, -0.2) is 58.3 Å². The minimum Gasteiger partial charge on any atom is -0.395 e. The highest BCUT2D eigenvalue weighted by molar-refractivity contribution is 7.17. The lowest BCUT2D eigenvalue weighted by molar-refractivity contribution is 0.103. The third kappa shape index (κ3) is 2.63. The number of β-amino-alcohol motifs (C(OH)–C–C–N with tert-alkyl or cyclic N) is 1. The highest BCUT2D eigenvalue weighted by atomic mass is 32.1. The van der Waals surface area contributed by atoms with E-state index in [1.54, 1.807) is 17.7 Å². The summed E-state index contributed by atoms with van der Waals surface area (Å²) in [6.45, 7) is 9.40. The van der Waals surface area contributed by atoms with Crippen LogP contribution in [-0.2, 0) is 0 Å². The number of nitrogens with zero attached hydrogens (tertiary/aromatic N) is 4. The Morgan fingerprint density at radius 3 is 2.67 bits per heavy atom. The second-order valence-electron chi connectivity index (χ2n) is 5.86. The normalized spacial score (nSPS) is 23.9. The van der Waals surface area contributed by atoms with Crippen molar-refractivity contribution in [3.8, 4) is 0 Å². The fraction of sp³-hybridized carbons (Fsp3) is 0.600.